The van der Waals surface area contributed by atoms with E-state index in [9.17, 15) is 4.39 Å². The molecule has 0 atom stereocenters. The van der Waals surface area contributed by atoms with Gasteiger partial charge in [-0.2, -0.15) is 10.2 Å². The van der Waals surface area contributed by atoms with Crippen molar-refractivity contribution in [3.05, 3.63) is 42.1 Å². The van der Waals surface area contributed by atoms with E-state index < -0.39 is 5.82 Å². The molecular formula is C17H15FN6O. The van der Waals surface area contributed by atoms with Gasteiger partial charge in [-0.25, -0.2) is 14.4 Å². The van der Waals surface area contributed by atoms with Gasteiger partial charge in [-0.1, -0.05) is 0 Å². The number of fused-ring (bicyclic) bond motifs is 1. The molecule has 0 saturated carbocycles. The van der Waals surface area contributed by atoms with Crippen molar-refractivity contribution in [3.63, 3.8) is 0 Å². The van der Waals surface area contributed by atoms with Crippen LogP contribution < -0.4 is 4.74 Å². The largest absolute Gasteiger partial charge is 0.479 e. The number of aryl methyl sites for hydroxylation is 2. The highest BCUT2D eigenvalue weighted by atomic mass is 19.1. The number of aromatic amines is 1. The minimum absolute atomic E-state index is 0.0616. The predicted octanol–water partition coefficient (Wildman–Crippen LogP) is 2.88. The van der Waals surface area contributed by atoms with Crippen molar-refractivity contribution in [2.24, 2.45) is 7.05 Å². The molecule has 1 N–H and O–H groups in total. The number of nitrogens with one attached hydrogen (secondary N) is 1. The van der Waals surface area contributed by atoms with Gasteiger partial charge >= 0.3 is 0 Å². The molecule has 4 aromatic rings. The van der Waals surface area contributed by atoms with E-state index in [0.717, 1.165) is 22.2 Å². The lowest BCUT2D eigenvalue weighted by atomic mass is 10.0. The summed E-state index contributed by atoms with van der Waals surface area (Å²) >= 11 is 0. The minimum Gasteiger partial charge on any atom is -0.479 e. The van der Waals surface area contributed by atoms with E-state index in [-0.39, 0.29) is 5.88 Å². The van der Waals surface area contributed by atoms with E-state index in [1.807, 2.05) is 26.2 Å². The molecule has 126 valence electrons. The van der Waals surface area contributed by atoms with Gasteiger partial charge in [-0.05, 0) is 30.7 Å². The SMILES string of the molecule is COc1nc(-c2nn(C)cc2-c2cc(C)nc3[nH]ncc23)ccc1F. The average molecular weight is 338 g/mol. The average Bonchev–Trinajstić information content (AvgIpc) is 3.21. The number of nitrogens with zero attached hydrogens (tertiary/aromatic N) is 5. The van der Waals surface area contributed by atoms with E-state index in [0.29, 0.717) is 17.0 Å². The summed E-state index contributed by atoms with van der Waals surface area (Å²) < 4.78 is 20.4. The Labute approximate surface area is 142 Å². The molecule has 25 heavy (non-hydrogen) atoms. The Hall–Kier alpha value is -3.29. The second kappa shape index (κ2) is 5.66. The van der Waals surface area contributed by atoms with Crippen molar-refractivity contribution in [2.75, 3.05) is 7.11 Å². The summed E-state index contributed by atoms with van der Waals surface area (Å²) in [4.78, 5) is 8.68. The van der Waals surface area contributed by atoms with Crippen LogP contribution in [0.5, 0.6) is 5.88 Å². The van der Waals surface area contributed by atoms with Gasteiger partial charge in [-0.15, -0.1) is 0 Å². The second-order valence-electron chi connectivity index (χ2n) is 5.70. The maximum atomic E-state index is 13.7. The molecule has 4 rings (SSSR count). The van der Waals surface area contributed by atoms with Crippen molar-refractivity contribution >= 4 is 11.0 Å². The van der Waals surface area contributed by atoms with Crippen molar-refractivity contribution in [1.29, 1.82) is 0 Å². The molecule has 0 unspecified atom stereocenters. The Morgan fingerprint density at radius 3 is 2.84 bits per heavy atom. The molecule has 4 aromatic heterocycles. The number of hydrogen-bond donors (Lipinski definition) is 1. The highest BCUT2D eigenvalue weighted by Gasteiger charge is 2.18. The lowest BCUT2D eigenvalue weighted by molar-refractivity contribution is 0.369. The number of methoxy groups -OCH3 is 1. The van der Waals surface area contributed by atoms with Gasteiger partial charge in [0.1, 0.15) is 5.69 Å². The van der Waals surface area contributed by atoms with Crippen LogP contribution in [0.25, 0.3) is 33.5 Å². The first-order chi connectivity index (χ1) is 12.1. The summed E-state index contributed by atoms with van der Waals surface area (Å²) in [5, 5.41) is 12.4. The summed E-state index contributed by atoms with van der Waals surface area (Å²) in [6.45, 7) is 1.92. The van der Waals surface area contributed by atoms with Gasteiger partial charge in [0.25, 0.3) is 5.88 Å². The monoisotopic (exact) mass is 338 g/mol. The third-order valence-electron chi connectivity index (χ3n) is 3.92. The summed E-state index contributed by atoms with van der Waals surface area (Å²) in [6, 6.07) is 4.88. The Morgan fingerprint density at radius 1 is 1.20 bits per heavy atom. The first-order valence-corrected chi connectivity index (χ1v) is 7.62. The first-order valence-electron chi connectivity index (χ1n) is 7.62. The topological polar surface area (TPSA) is 81.5 Å². The van der Waals surface area contributed by atoms with E-state index in [1.165, 1.54) is 13.2 Å². The van der Waals surface area contributed by atoms with Crippen molar-refractivity contribution in [2.45, 2.75) is 6.92 Å². The summed E-state index contributed by atoms with van der Waals surface area (Å²) in [7, 11) is 3.21. The van der Waals surface area contributed by atoms with E-state index >= 15 is 0 Å². The zero-order valence-electron chi connectivity index (χ0n) is 13.9. The number of halogens is 1. The fourth-order valence-corrected chi connectivity index (χ4v) is 2.85. The number of rotatable bonds is 3. The number of aromatic nitrogens is 6. The highest BCUT2D eigenvalue weighted by Crippen LogP contribution is 2.35. The molecule has 8 heteroatoms. The zero-order chi connectivity index (χ0) is 17.6. The molecule has 0 aromatic carbocycles. The number of ether oxygens (including phenoxy) is 1. The maximum absolute atomic E-state index is 13.7. The Morgan fingerprint density at radius 2 is 2.04 bits per heavy atom. The second-order valence-corrected chi connectivity index (χ2v) is 5.70. The number of H-pyrrole nitrogens is 1. The van der Waals surface area contributed by atoms with Crippen molar-refractivity contribution in [3.8, 4) is 28.4 Å². The van der Waals surface area contributed by atoms with Crippen molar-refractivity contribution in [1.82, 2.24) is 29.9 Å². The van der Waals surface area contributed by atoms with Crippen LogP contribution in [0, 0.1) is 12.7 Å². The number of hydrogen-bond acceptors (Lipinski definition) is 5. The minimum atomic E-state index is -0.513. The molecule has 0 amide bonds. The van der Waals surface area contributed by atoms with Gasteiger partial charge in [0.05, 0.1) is 19.0 Å². The fourth-order valence-electron chi connectivity index (χ4n) is 2.85. The van der Waals surface area contributed by atoms with E-state index in [2.05, 4.69) is 25.3 Å². The normalized spacial score (nSPS) is 11.2. The van der Waals surface area contributed by atoms with Crippen LogP contribution in [0.1, 0.15) is 5.69 Å². The molecular weight excluding hydrogens is 323 g/mol. The summed E-state index contributed by atoms with van der Waals surface area (Å²) in [6.07, 6.45) is 3.63. The summed E-state index contributed by atoms with van der Waals surface area (Å²) in [5.41, 5.74) is 4.51. The van der Waals surface area contributed by atoms with Crippen LogP contribution in [-0.4, -0.2) is 37.1 Å². The van der Waals surface area contributed by atoms with Gasteiger partial charge < -0.3 is 4.74 Å². The lowest BCUT2D eigenvalue weighted by Gasteiger charge is -2.06. The Balaban J connectivity index is 1.97. The third-order valence-corrected chi connectivity index (χ3v) is 3.92. The van der Waals surface area contributed by atoms with Crippen LogP contribution in [0.2, 0.25) is 0 Å². The molecule has 0 bridgehead atoms. The maximum Gasteiger partial charge on any atom is 0.250 e. The van der Waals surface area contributed by atoms with Crippen LogP contribution in [0.15, 0.2) is 30.6 Å². The highest BCUT2D eigenvalue weighted by molar-refractivity contribution is 5.96. The molecule has 4 heterocycles. The molecule has 7 nitrogen and oxygen atoms in total. The smallest absolute Gasteiger partial charge is 0.250 e. The molecule has 0 aliphatic carbocycles. The van der Waals surface area contributed by atoms with Gasteiger partial charge in [0, 0.05) is 29.9 Å². The van der Waals surface area contributed by atoms with Gasteiger partial charge in [-0.3, -0.25) is 9.78 Å². The Bertz CT molecular complexity index is 1080. The third kappa shape index (κ3) is 2.51. The van der Waals surface area contributed by atoms with E-state index in [4.69, 9.17) is 4.74 Å². The first kappa shape index (κ1) is 15.3. The van der Waals surface area contributed by atoms with Crippen LogP contribution in [-0.2, 0) is 7.05 Å². The van der Waals surface area contributed by atoms with Crippen molar-refractivity contribution < 1.29 is 9.13 Å². The zero-order valence-corrected chi connectivity index (χ0v) is 13.9. The number of pyridine rings is 2. The predicted molar refractivity (Wildman–Crippen MR) is 90.6 cm³/mol. The van der Waals surface area contributed by atoms with Crippen LogP contribution >= 0.6 is 0 Å². The molecule has 0 spiro atoms. The Kier molecular flexibility index (Phi) is 3.45. The molecule has 0 radical (unpaired) electrons. The quantitative estimate of drug-likeness (QED) is 0.621. The van der Waals surface area contributed by atoms with Gasteiger partial charge in [0.15, 0.2) is 11.5 Å². The lowest BCUT2D eigenvalue weighted by Crippen LogP contribution is -1.96. The van der Waals surface area contributed by atoms with E-state index in [1.54, 1.807) is 16.9 Å². The standard InChI is InChI=1S/C17H15FN6O/c1-9-6-10(11-7-19-22-16(11)20-9)12-8-24(2)23-15(12)14-5-4-13(18)17(21-14)25-3/h4-8H,1-3H3,(H,19,20,22). The fraction of sp³-hybridized carbons (Fsp3) is 0.176. The molecule has 0 aliphatic rings. The van der Waals surface area contributed by atoms with Crippen LogP contribution in [0.3, 0.4) is 0 Å². The van der Waals surface area contributed by atoms with Gasteiger partial charge in [0.2, 0.25) is 0 Å². The van der Waals surface area contributed by atoms with Crippen LogP contribution in [0.4, 0.5) is 4.39 Å². The molecule has 0 aliphatic heterocycles. The molecule has 0 saturated heterocycles. The molecule has 0 fully saturated rings. The summed E-state index contributed by atoms with van der Waals surface area (Å²) in [5.74, 6) is -0.575.